The summed E-state index contributed by atoms with van der Waals surface area (Å²) in [6.45, 7) is 0.0333. The third kappa shape index (κ3) is 3.05. The van der Waals surface area contributed by atoms with Crippen molar-refractivity contribution in [3.8, 4) is 0 Å². The van der Waals surface area contributed by atoms with Crippen LogP contribution in [0.3, 0.4) is 0 Å². The van der Waals surface area contributed by atoms with Crippen molar-refractivity contribution in [2.24, 2.45) is 5.73 Å². The van der Waals surface area contributed by atoms with Crippen molar-refractivity contribution in [1.82, 2.24) is 0 Å². The van der Waals surface area contributed by atoms with Crippen molar-refractivity contribution in [3.05, 3.63) is 64.2 Å². The molecule has 6 heteroatoms. The summed E-state index contributed by atoms with van der Waals surface area (Å²) in [5.41, 5.74) is 6.02. The highest BCUT2D eigenvalue weighted by atomic mass is 35.5. The molecule has 3 nitrogen and oxygen atoms in total. The number of primary amides is 1. The molecule has 104 valence electrons. The molecule has 2 aromatic rings. The minimum absolute atomic E-state index is 0.0333. The van der Waals surface area contributed by atoms with Gasteiger partial charge < -0.3 is 11.1 Å². The van der Waals surface area contributed by atoms with Gasteiger partial charge in [0.05, 0.1) is 10.7 Å². The van der Waals surface area contributed by atoms with Gasteiger partial charge in [0, 0.05) is 17.7 Å². The van der Waals surface area contributed by atoms with Crippen LogP contribution in [0.4, 0.5) is 14.5 Å². The first-order valence-corrected chi connectivity index (χ1v) is 6.13. The Hall–Kier alpha value is -2.14. The van der Waals surface area contributed by atoms with Crippen LogP contribution in [0.5, 0.6) is 0 Å². The Morgan fingerprint density at radius 2 is 2.00 bits per heavy atom. The van der Waals surface area contributed by atoms with Gasteiger partial charge in [0.1, 0.15) is 0 Å². The number of rotatable bonds is 4. The Morgan fingerprint density at radius 1 is 1.25 bits per heavy atom. The smallest absolute Gasteiger partial charge is 0.248 e. The molecule has 0 aliphatic carbocycles. The number of hydrogen-bond acceptors (Lipinski definition) is 2. The van der Waals surface area contributed by atoms with Gasteiger partial charge in [-0.15, -0.1) is 0 Å². The first kappa shape index (κ1) is 14.3. The van der Waals surface area contributed by atoms with Gasteiger partial charge in [-0.05, 0) is 24.3 Å². The van der Waals surface area contributed by atoms with E-state index in [0.717, 1.165) is 6.07 Å². The summed E-state index contributed by atoms with van der Waals surface area (Å²) in [5, 5.41) is 3.20. The van der Waals surface area contributed by atoms with Crippen LogP contribution in [-0.4, -0.2) is 5.91 Å². The molecule has 1 amide bonds. The number of halogens is 3. The van der Waals surface area contributed by atoms with E-state index in [0.29, 0.717) is 10.7 Å². The van der Waals surface area contributed by atoms with Gasteiger partial charge in [-0.3, -0.25) is 4.79 Å². The van der Waals surface area contributed by atoms with Crippen LogP contribution in [0.1, 0.15) is 15.9 Å². The lowest BCUT2D eigenvalue weighted by molar-refractivity contribution is 0.100. The van der Waals surface area contributed by atoms with E-state index in [1.54, 1.807) is 0 Å². The van der Waals surface area contributed by atoms with Crippen LogP contribution in [0, 0.1) is 11.6 Å². The highest BCUT2D eigenvalue weighted by molar-refractivity contribution is 6.33. The van der Waals surface area contributed by atoms with Crippen LogP contribution in [0.15, 0.2) is 36.4 Å². The fourth-order valence-corrected chi connectivity index (χ4v) is 1.87. The summed E-state index contributed by atoms with van der Waals surface area (Å²) in [7, 11) is 0. The van der Waals surface area contributed by atoms with E-state index in [9.17, 15) is 13.6 Å². The van der Waals surface area contributed by atoms with E-state index in [1.165, 1.54) is 30.3 Å². The minimum Gasteiger partial charge on any atom is -0.380 e. The lowest BCUT2D eigenvalue weighted by Gasteiger charge is -2.10. The molecule has 0 fully saturated rings. The Morgan fingerprint density at radius 3 is 2.70 bits per heavy atom. The third-order valence-corrected chi connectivity index (χ3v) is 3.08. The maximum atomic E-state index is 13.5. The molecular formula is C14H11ClF2N2O. The number of carbonyl (C=O) groups is 1. The van der Waals surface area contributed by atoms with E-state index in [2.05, 4.69) is 5.32 Å². The zero-order valence-electron chi connectivity index (χ0n) is 10.3. The predicted octanol–water partition coefficient (Wildman–Crippen LogP) is 3.33. The molecule has 0 heterocycles. The molecule has 20 heavy (non-hydrogen) atoms. The van der Waals surface area contributed by atoms with E-state index in [4.69, 9.17) is 17.3 Å². The average Bonchev–Trinajstić information content (AvgIpc) is 2.41. The van der Waals surface area contributed by atoms with Gasteiger partial charge in [0.15, 0.2) is 11.6 Å². The number of nitrogens with two attached hydrogens (primary N) is 1. The lowest BCUT2D eigenvalue weighted by Crippen LogP contribution is -2.11. The maximum Gasteiger partial charge on any atom is 0.248 e. The summed E-state index contributed by atoms with van der Waals surface area (Å²) in [6.07, 6.45) is 0. The maximum absolute atomic E-state index is 13.5. The van der Waals surface area contributed by atoms with Crippen LogP contribution >= 0.6 is 11.6 Å². The van der Waals surface area contributed by atoms with Crippen molar-refractivity contribution in [2.75, 3.05) is 5.32 Å². The second-order valence-electron chi connectivity index (χ2n) is 4.13. The fraction of sp³-hybridized carbons (Fsp3) is 0.0714. The fourth-order valence-electron chi connectivity index (χ4n) is 1.69. The molecule has 0 radical (unpaired) electrons. The van der Waals surface area contributed by atoms with Gasteiger partial charge in [0.2, 0.25) is 5.91 Å². The number of anilines is 1. The molecule has 0 atom stereocenters. The first-order chi connectivity index (χ1) is 9.49. The molecule has 0 aliphatic rings. The zero-order valence-corrected chi connectivity index (χ0v) is 11.0. The molecule has 3 N–H and O–H groups in total. The van der Waals surface area contributed by atoms with Crippen LogP contribution in [0.2, 0.25) is 5.02 Å². The second kappa shape index (κ2) is 5.88. The SMILES string of the molecule is NC(=O)c1ccc(Cl)c(NCc2cccc(F)c2F)c1. The molecule has 0 bridgehead atoms. The van der Waals surface area contributed by atoms with Crippen LogP contribution in [0.25, 0.3) is 0 Å². The van der Waals surface area contributed by atoms with Gasteiger partial charge in [0.25, 0.3) is 0 Å². The van der Waals surface area contributed by atoms with E-state index in [-0.39, 0.29) is 17.7 Å². The van der Waals surface area contributed by atoms with Crippen molar-refractivity contribution >= 4 is 23.2 Å². The van der Waals surface area contributed by atoms with Crippen LogP contribution in [-0.2, 0) is 6.54 Å². The van der Waals surface area contributed by atoms with Gasteiger partial charge >= 0.3 is 0 Å². The van der Waals surface area contributed by atoms with Gasteiger partial charge in [-0.25, -0.2) is 8.78 Å². The van der Waals surface area contributed by atoms with Gasteiger partial charge in [-0.1, -0.05) is 23.7 Å². The van der Waals surface area contributed by atoms with E-state index >= 15 is 0 Å². The highest BCUT2D eigenvalue weighted by Gasteiger charge is 2.09. The molecule has 2 rings (SSSR count). The standard InChI is InChI=1S/C14H11ClF2N2O/c15-10-5-4-8(14(18)20)6-12(10)19-7-9-2-1-3-11(16)13(9)17/h1-6,19H,7H2,(H2,18,20). The summed E-state index contributed by atoms with van der Waals surface area (Å²) >= 11 is 5.96. The quantitative estimate of drug-likeness (QED) is 0.909. The Labute approximate surface area is 119 Å². The molecule has 0 saturated heterocycles. The number of hydrogen-bond donors (Lipinski definition) is 2. The number of benzene rings is 2. The van der Waals surface area contributed by atoms with Crippen LogP contribution < -0.4 is 11.1 Å². The van der Waals surface area contributed by atoms with Crippen molar-refractivity contribution < 1.29 is 13.6 Å². The minimum atomic E-state index is -0.915. The highest BCUT2D eigenvalue weighted by Crippen LogP contribution is 2.24. The largest absolute Gasteiger partial charge is 0.380 e. The predicted molar refractivity (Wildman–Crippen MR) is 73.7 cm³/mol. The lowest BCUT2D eigenvalue weighted by atomic mass is 10.1. The Bertz CT molecular complexity index is 662. The Kier molecular flexibility index (Phi) is 4.20. The van der Waals surface area contributed by atoms with Crippen molar-refractivity contribution in [3.63, 3.8) is 0 Å². The normalized spacial score (nSPS) is 10.3. The zero-order chi connectivity index (χ0) is 14.7. The number of amides is 1. The second-order valence-corrected chi connectivity index (χ2v) is 4.53. The molecule has 0 spiro atoms. The topological polar surface area (TPSA) is 55.1 Å². The first-order valence-electron chi connectivity index (χ1n) is 5.75. The summed E-state index contributed by atoms with van der Waals surface area (Å²) in [5.74, 6) is -2.43. The summed E-state index contributed by atoms with van der Waals surface area (Å²) < 4.78 is 26.6. The summed E-state index contributed by atoms with van der Waals surface area (Å²) in [4.78, 5) is 11.1. The van der Waals surface area contributed by atoms with Crippen molar-refractivity contribution in [2.45, 2.75) is 6.54 Å². The molecule has 0 aliphatic heterocycles. The Balaban J connectivity index is 2.20. The number of nitrogens with one attached hydrogen (secondary N) is 1. The molecule has 0 saturated carbocycles. The van der Waals surface area contributed by atoms with E-state index < -0.39 is 17.5 Å². The third-order valence-electron chi connectivity index (χ3n) is 2.75. The van der Waals surface area contributed by atoms with E-state index in [1.807, 2.05) is 0 Å². The number of carbonyl (C=O) groups excluding carboxylic acids is 1. The van der Waals surface area contributed by atoms with Gasteiger partial charge in [-0.2, -0.15) is 0 Å². The monoisotopic (exact) mass is 296 g/mol. The molecule has 2 aromatic carbocycles. The molecule has 0 aromatic heterocycles. The summed E-state index contributed by atoms with van der Waals surface area (Å²) in [6, 6.07) is 8.36. The van der Waals surface area contributed by atoms with Crippen molar-refractivity contribution in [1.29, 1.82) is 0 Å². The average molecular weight is 297 g/mol. The molecule has 0 unspecified atom stereocenters. The molecular weight excluding hydrogens is 286 g/mol.